The maximum Gasteiger partial charge on any atom is 0.417 e. The Balaban J connectivity index is 2.53. The molecule has 0 radical (unpaired) electrons. The zero-order chi connectivity index (χ0) is 15.8. The molecule has 0 amide bonds. The molecule has 0 aliphatic heterocycles. The zero-order valence-corrected chi connectivity index (χ0v) is 11.5. The third-order valence-corrected chi connectivity index (χ3v) is 3.05. The van der Waals surface area contributed by atoms with Crippen molar-refractivity contribution in [3.8, 4) is 11.4 Å². The van der Waals surface area contributed by atoms with E-state index in [-0.39, 0.29) is 21.4 Å². The highest BCUT2D eigenvalue weighted by atomic mass is 35.5. The van der Waals surface area contributed by atoms with Crippen LogP contribution in [-0.4, -0.2) is 21.0 Å². The van der Waals surface area contributed by atoms with Crippen LogP contribution in [0.4, 0.5) is 13.2 Å². The summed E-state index contributed by atoms with van der Waals surface area (Å²) in [5, 5.41) is 8.51. The highest BCUT2D eigenvalue weighted by Gasteiger charge is 2.31. The zero-order valence-electron chi connectivity index (χ0n) is 9.95. The van der Waals surface area contributed by atoms with Crippen molar-refractivity contribution < 1.29 is 23.1 Å². The van der Waals surface area contributed by atoms with Crippen molar-refractivity contribution in [1.29, 1.82) is 0 Å². The van der Waals surface area contributed by atoms with Gasteiger partial charge in [0.2, 0.25) is 0 Å². The van der Waals surface area contributed by atoms with Crippen LogP contribution in [0.3, 0.4) is 0 Å². The topological polar surface area (TPSA) is 63.1 Å². The Morgan fingerprint density at radius 3 is 2.38 bits per heavy atom. The predicted molar refractivity (Wildman–Crippen MR) is 69.4 cm³/mol. The van der Waals surface area contributed by atoms with Gasteiger partial charge in [-0.2, -0.15) is 13.2 Å². The van der Waals surface area contributed by atoms with Crippen LogP contribution in [0.1, 0.15) is 16.1 Å². The number of hydrogen-bond donors (Lipinski definition) is 1. The standard InChI is InChI=1S/C12H5Cl2F3N2O2/c13-6-1-2-8(19-10(6)11(20)21)9-7(14)3-5(4-18-9)12(15,16)17/h1-4H,(H,20,21). The van der Waals surface area contributed by atoms with Crippen molar-refractivity contribution in [3.63, 3.8) is 0 Å². The van der Waals surface area contributed by atoms with E-state index >= 15 is 0 Å². The predicted octanol–water partition coefficient (Wildman–Crippen LogP) is 4.17. The Kier molecular flexibility index (Phi) is 4.06. The van der Waals surface area contributed by atoms with E-state index in [1.807, 2.05) is 0 Å². The summed E-state index contributed by atoms with van der Waals surface area (Å²) in [6.07, 6.45) is -3.98. The van der Waals surface area contributed by atoms with E-state index in [2.05, 4.69) is 9.97 Å². The summed E-state index contributed by atoms with van der Waals surface area (Å²) in [4.78, 5) is 18.3. The largest absolute Gasteiger partial charge is 0.476 e. The van der Waals surface area contributed by atoms with Gasteiger partial charge in [-0.05, 0) is 18.2 Å². The van der Waals surface area contributed by atoms with Gasteiger partial charge in [0.25, 0.3) is 0 Å². The molecule has 0 saturated heterocycles. The quantitative estimate of drug-likeness (QED) is 0.893. The molecular formula is C12H5Cl2F3N2O2. The second kappa shape index (κ2) is 5.50. The molecule has 2 heterocycles. The van der Waals surface area contributed by atoms with Gasteiger partial charge in [-0.15, -0.1) is 0 Å². The van der Waals surface area contributed by atoms with Crippen LogP contribution >= 0.6 is 23.2 Å². The number of carbonyl (C=O) groups is 1. The van der Waals surface area contributed by atoms with E-state index in [1.165, 1.54) is 12.1 Å². The number of carboxylic acid groups (broad SMARTS) is 1. The molecule has 110 valence electrons. The van der Waals surface area contributed by atoms with Crippen LogP contribution in [0.5, 0.6) is 0 Å². The third kappa shape index (κ3) is 3.25. The first-order valence-corrected chi connectivity index (χ1v) is 6.08. The van der Waals surface area contributed by atoms with Gasteiger partial charge < -0.3 is 5.11 Å². The third-order valence-electron chi connectivity index (χ3n) is 2.46. The second-order valence-corrected chi connectivity index (χ2v) is 4.70. The molecule has 0 spiro atoms. The number of aromatic nitrogens is 2. The first-order valence-electron chi connectivity index (χ1n) is 5.33. The van der Waals surface area contributed by atoms with E-state index in [4.69, 9.17) is 28.3 Å². The van der Waals surface area contributed by atoms with Gasteiger partial charge in [0.1, 0.15) is 5.69 Å². The summed E-state index contributed by atoms with van der Waals surface area (Å²) >= 11 is 11.4. The molecule has 2 aromatic heterocycles. The van der Waals surface area contributed by atoms with E-state index in [9.17, 15) is 18.0 Å². The fraction of sp³-hybridized carbons (Fsp3) is 0.0833. The Bertz CT molecular complexity index is 720. The van der Waals surface area contributed by atoms with Gasteiger partial charge >= 0.3 is 12.1 Å². The van der Waals surface area contributed by atoms with Crippen molar-refractivity contribution in [2.45, 2.75) is 6.18 Å². The van der Waals surface area contributed by atoms with E-state index < -0.39 is 23.4 Å². The number of halogens is 5. The summed E-state index contributed by atoms with van der Waals surface area (Å²) in [7, 11) is 0. The minimum absolute atomic E-state index is 0.00974. The number of alkyl halides is 3. The van der Waals surface area contributed by atoms with Crippen LogP contribution in [0.2, 0.25) is 10.0 Å². The number of carboxylic acids is 1. The van der Waals surface area contributed by atoms with Gasteiger partial charge in [-0.25, -0.2) is 9.78 Å². The lowest BCUT2D eigenvalue weighted by atomic mass is 10.2. The summed E-state index contributed by atoms with van der Waals surface area (Å²) in [6.45, 7) is 0. The summed E-state index contributed by atoms with van der Waals surface area (Å²) in [5.74, 6) is -1.37. The van der Waals surface area contributed by atoms with Crippen LogP contribution in [-0.2, 0) is 6.18 Å². The van der Waals surface area contributed by atoms with Crippen LogP contribution in [0.25, 0.3) is 11.4 Å². The van der Waals surface area contributed by atoms with E-state index in [1.54, 1.807) is 0 Å². The summed E-state index contributed by atoms with van der Waals surface area (Å²) in [5.41, 5.74) is -1.50. The summed E-state index contributed by atoms with van der Waals surface area (Å²) in [6, 6.07) is 3.26. The molecule has 0 bridgehead atoms. The minimum Gasteiger partial charge on any atom is -0.476 e. The molecule has 1 N–H and O–H groups in total. The monoisotopic (exact) mass is 336 g/mol. The van der Waals surface area contributed by atoms with Crippen LogP contribution < -0.4 is 0 Å². The summed E-state index contributed by atoms with van der Waals surface area (Å²) < 4.78 is 37.5. The Hall–Kier alpha value is -1.86. The van der Waals surface area contributed by atoms with Crippen LogP contribution in [0, 0.1) is 0 Å². The van der Waals surface area contributed by atoms with Gasteiger partial charge in [0.15, 0.2) is 5.69 Å². The molecule has 0 aliphatic rings. The van der Waals surface area contributed by atoms with Crippen LogP contribution in [0.15, 0.2) is 24.4 Å². The molecule has 2 aromatic rings. The first-order chi connectivity index (χ1) is 9.70. The average Bonchev–Trinajstić information content (AvgIpc) is 2.38. The van der Waals surface area contributed by atoms with Gasteiger partial charge in [0, 0.05) is 6.20 Å². The molecule has 4 nitrogen and oxygen atoms in total. The molecule has 21 heavy (non-hydrogen) atoms. The van der Waals surface area contributed by atoms with Gasteiger partial charge in [0.05, 0.1) is 21.3 Å². The number of hydrogen-bond acceptors (Lipinski definition) is 3. The lowest BCUT2D eigenvalue weighted by molar-refractivity contribution is -0.137. The van der Waals surface area contributed by atoms with E-state index in [0.29, 0.717) is 12.3 Å². The fourth-order valence-electron chi connectivity index (χ4n) is 1.51. The van der Waals surface area contributed by atoms with Crippen molar-refractivity contribution in [1.82, 2.24) is 9.97 Å². The maximum atomic E-state index is 12.5. The maximum absolute atomic E-state index is 12.5. The number of nitrogens with zero attached hydrogens (tertiary/aromatic N) is 2. The molecule has 0 fully saturated rings. The molecule has 9 heteroatoms. The van der Waals surface area contributed by atoms with Crippen molar-refractivity contribution >= 4 is 29.2 Å². The average molecular weight is 337 g/mol. The lowest BCUT2D eigenvalue weighted by Crippen LogP contribution is -2.07. The molecule has 2 rings (SSSR count). The minimum atomic E-state index is -4.57. The Morgan fingerprint density at radius 2 is 1.86 bits per heavy atom. The van der Waals surface area contributed by atoms with Crippen molar-refractivity contribution in [2.24, 2.45) is 0 Å². The lowest BCUT2D eigenvalue weighted by Gasteiger charge is -2.09. The number of rotatable bonds is 2. The number of pyridine rings is 2. The Labute approximate surface area is 126 Å². The second-order valence-electron chi connectivity index (χ2n) is 3.88. The SMILES string of the molecule is O=C(O)c1nc(-c2ncc(C(F)(F)F)cc2Cl)ccc1Cl. The number of aromatic carboxylic acids is 1. The molecule has 0 unspecified atom stereocenters. The van der Waals surface area contributed by atoms with Gasteiger partial charge in [-0.3, -0.25) is 4.98 Å². The highest BCUT2D eigenvalue weighted by Crippen LogP contribution is 2.33. The highest BCUT2D eigenvalue weighted by molar-refractivity contribution is 6.34. The molecule has 0 aliphatic carbocycles. The van der Waals surface area contributed by atoms with Crippen molar-refractivity contribution in [3.05, 3.63) is 45.7 Å². The smallest absolute Gasteiger partial charge is 0.417 e. The van der Waals surface area contributed by atoms with Gasteiger partial charge in [-0.1, -0.05) is 23.2 Å². The van der Waals surface area contributed by atoms with E-state index in [0.717, 1.165) is 0 Å². The fourth-order valence-corrected chi connectivity index (χ4v) is 1.95. The molecule has 0 saturated carbocycles. The normalized spacial score (nSPS) is 11.5. The van der Waals surface area contributed by atoms with Crippen molar-refractivity contribution in [2.75, 3.05) is 0 Å². The Morgan fingerprint density at radius 1 is 1.19 bits per heavy atom. The molecule has 0 aromatic carbocycles. The first kappa shape index (κ1) is 15.5. The molecule has 0 atom stereocenters. The molecular weight excluding hydrogens is 332 g/mol.